The van der Waals surface area contributed by atoms with Crippen molar-refractivity contribution in [3.8, 4) is 5.69 Å². The van der Waals surface area contributed by atoms with Gasteiger partial charge in [0, 0.05) is 11.4 Å². The fourth-order valence-corrected chi connectivity index (χ4v) is 5.22. The molecule has 3 heterocycles. The highest BCUT2D eigenvalue weighted by Crippen LogP contribution is 2.35. The van der Waals surface area contributed by atoms with Crippen LogP contribution in [0.3, 0.4) is 0 Å². The Balaban J connectivity index is 1.75. The van der Waals surface area contributed by atoms with Crippen LogP contribution in [-0.4, -0.2) is 29.8 Å². The molecule has 0 aliphatic carbocycles. The normalized spacial score (nSPS) is 12.6. The minimum atomic E-state index is -0.0838. The van der Waals surface area contributed by atoms with Crippen molar-refractivity contribution in [3.63, 3.8) is 0 Å². The molecule has 0 saturated carbocycles. The van der Waals surface area contributed by atoms with Gasteiger partial charge >= 0.3 is 0 Å². The molecule has 4 aromatic rings. The molecular weight excluding hydrogens is 392 g/mol. The molecular formula is C19H20N6OS2. The summed E-state index contributed by atoms with van der Waals surface area (Å²) in [6, 6.07) is 9.77. The number of benzene rings is 1. The number of nitrogens with zero attached hydrogens (tertiary/aromatic N) is 6. The van der Waals surface area contributed by atoms with Crippen molar-refractivity contribution in [1.82, 2.24) is 29.8 Å². The molecule has 28 heavy (non-hydrogen) atoms. The first-order chi connectivity index (χ1) is 13.5. The van der Waals surface area contributed by atoms with E-state index < -0.39 is 0 Å². The van der Waals surface area contributed by atoms with Crippen LogP contribution in [0, 0.1) is 13.8 Å². The van der Waals surface area contributed by atoms with Crippen LogP contribution < -0.4 is 5.56 Å². The van der Waals surface area contributed by atoms with E-state index in [1.165, 1.54) is 11.8 Å². The molecule has 0 saturated heterocycles. The van der Waals surface area contributed by atoms with Crippen LogP contribution in [0.4, 0.5) is 0 Å². The molecule has 144 valence electrons. The fourth-order valence-electron chi connectivity index (χ4n) is 3.09. The van der Waals surface area contributed by atoms with E-state index >= 15 is 0 Å². The maximum absolute atomic E-state index is 13.0. The minimum absolute atomic E-state index is 0.0201. The van der Waals surface area contributed by atoms with E-state index in [9.17, 15) is 4.79 Å². The molecule has 3 aromatic heterocycles. The van der Waals surface area contributed by atoms with Crippen molar-refractivity contribution < 1.29 is 0 Å². The molecule has 0 radical (unpaired) electrons. The van der Waals surface area contributed by atoms with Gasteiger partial charge < -0.3 is 0 Å². The second-order valence-electron chi connectivity index (χ2n) is 6.45. The van der Waals surface area contributed by atoms with Crippen LogP contribution in [0.25, 0.3) is 15.9 Å². The zero-order valence-electron chi connectivity index (χ0n) is 16.1. The lowest BCUT2D eigenvalue weighted by atomic mass is 10.2. The smallest absolute Gasteiger partial charge is 0.263 e. The van der Waals surface area contributed by atoms with Crippen LogP contribution >= 0.6 is 23.1 Å². The maximum Gasteiger partial charge on any atom is 0.263 e. The Kier molecular flexibility index (Phi) is 5.03. The topological polar surface area (TPSA) is 78.5 Å². The zero-order valence-corrected chi connectivity index (χ0v) is 17.7. The largest absolute Gasteiger partial charge is 0.287 e. The fraction of sp³-hybridized carbons (Fsp3) is 0.316. The summed E-state index contributed by atoms with van der Waals surface area (Å²) < 4.78 is 3.46. The Labute approximate surface area is 170 Å². The Bertz CT molecular complexity index is 1190. The first kappa shape index (κ1) is 18.8. The highest BCUT2D eigenvalue weighted by Gasteiger charge is 2.22. The molecule has 0 fully saturated rings. The van der Waals surface area contributed by atoms with Crippen LogP contribution in [0.15, 0.2) is 40.3 Å². The van der Waals surface area contributed by atoms with Crippen molar-refractivity contribution in [2.75, 3.05) is 0 Å². The Morgan fingerprint density at radius 2 is 1.96 bits per heavy atom. The van der Waals surface area contributed by atoms with E-state index in [1.54, 1.807) is 20.6 Å². The van der Waals surface area contributed by atoms with Gasteiger partial charge in [0.1, 0.15) is 4.83 Å². The predicted octanol–water partition coefficient (Wildman–Crippen LogP) is 3.92. The highest BCUT2D eigenvalue weighted by atomic mass is 32.2. The number of aryl methyl sites for hydroxylation is 2. The van der Waals surface area contributed by atoms with Gasteiger partial charge in [0.05, 0.1) is 16.3 Å². The van der Waals surface area contributed by atoms with Crippen molar-refractivity contribution in [2.45, 2.75) is 44.6 Å². The Morgan fingerprint density at radius 1 is 1.21 bits per heavy atom. The quantitative estimate of drug-likeness (QED) is 0.365. The van der Waals surface area contributed by atoms with Gasteiger partial charge in [-0.3, -0.25) is 9.36 Å². The summed E-state index contributed by atoms with van der Waals surface area (Å²) in [5.41, 5.74) is 1.94. The number of aromatic nitrogens is 6. The lowest BCUT2D eigenvalue weighted by molar-refractivity contribution is 0.633. The van der Waals surface area contributed by atoms with Crippen LogP contribution in [0.5, 0.6) is 0 Å². The Hall–Kier alpha value is -2.52. The first-order valence-electron chi connectivity index (χ1n) is 9.02. The van der Waals surface area contributed by atoms with Crippen molar-refractivity contribution in [2.24, 2.45) is 0 Å². The summed E-state index contributed by atoms with van der Waals surface area (Å²) >= 11 is 3.07. The van der Waals surface area contributed by atoms with Gasteiger partial charge in [-0.05, 0) is 55.8 Å². The summed E-state index contributed by atoms with van der Waals surface area (Å²) in [6.45, 7) is 8.57. The zero-order chi connectivity index (χ0) is 19.8. The van der Waals surface area contributed by atoms with E-state index in [0.29, 0.717) is 17.5 Å². The number of hydrogen-bond donors (Lipinski definition) is 0. The van der Waals surface area contributed by atoms with Gasteiger partial charge in [0.2, 0.25) is 0 Å². The average Bonchev–Trinajstić information content (AvgIpc) is 3.28. The second-order valence-corrected chi connectivity index (χ2v) is 8.96. The summed E-state index contributed by atoms with van der Waals surface area (Å²) in [6.07, 6.45) is 0. The molecule has 0 aliphatic rings. The average molecular weight is 413 g/mol. The van der Waals surface area contributed by atoms with E-state index in [0.717, 1.165) is 26.3 Å². The number of thioether (sulfide) groups is 1. The maximum atomic E-state index is 13.0. The van der Waals surface area contributed by atoms with Gasteiger partial charge in [-0.1, -0.05) is 30.0 Å². The summed E-state index contributed by atoms with van der Waals surface area (Å²) in [4.78, 5) is 19.8. The number of thiophene rings is 1. The molecule has 0 spiro atoms. The molecule has 9 heteroatoms. The first-order valence-corrected chi connectivity index (χ1v) is 10.7. The third-order valence-electron chi connectivity index (χ3n) is 4.71. The molecule has 1 unspecified atom stereocenters. The molecule has 4 rings (SSSR count). The number of fused-ring (bicyclic) bond motifs is 1. The molecule has 1 aromatic carbocycles. The number of hydrogen-bond acceptors (Lipinski definition) is 7. The molecule has 7 nitrogen and oxygen atoms in total. The SMILES string of the molecule is CCn1c(SC(C)c2nnnn2-c2ccccc2)nc2sc(C)c(C)c2c1=O. The molecule has 0 bridgehead atoms. The number of rotatable bonds is 5. The van der Waals surface area contributed by atoms with Crippen molar-refractivity contribution >= 4 is 33.3 Å². The van der Waals surface area contributed by atoms with Gasteiger partial charge in [-0.25, -0.2) is 4.98 Å². The monoisotopic (exact) mass is 412 g/mol. The van der Waals surface area contributed by atoms with Crippen LogP contribution in [0.2, 0.25) is 0 Å². The lowest BCUT2D eigenvalue weighted by Gasteiger charge is -2.14. The summed E-state index contributed by atoms with van der Waals surface area (Å²) in [7, 11) is 0. The van der Waals surface area contributed by atoms with E-state index in [1.807, 2.05) is 58.0 Å². The van der Waals surface area contributed by atoms with Crippen LogP contribution in [0.1, 0.15) is 35.4 Å². The van der Waals surface area contributed by atoms with Gasteiger partial charge in [-0.2, -0.15) is 4.68 Å². The molecule has 0 aliphatic heterocycles. The number of para-hydroxylation sites is 1. The minimum Gasteiger partial charge on any atom is -0.287 e. The third-order valence-corrected chi connectivity index (χ3v) is 6.90. The van der Waals surface area contributed by atoms with Gasteiger partial charge in [-0.15, -0.1) is 16.4 Å². The van der Waals surface area contributed by atoms with E-state index in [4.69, 9.17) is 4.98 Å². The van der Waals surface area contributed by atoms with Gasteiger partial charge in [0.25, 0.3) is 5.56 Å². The van der Waals surface area contributed by atoms with E-state index in [-0.39, 0.29) is 10.8 Å². The van der Waals surface area contributed by atoms with Crippen molar-refractivity contribution in [1.29, 1.82) is 0 Å². The standard InChI is InChI=1S/C19H20N6OS2/c1-5-24-18(26)15-11(2)12(3)27-17(15)20-19(24)28-13(4)16-21-22-23-25(16)14-9-7-6-8-10-14/h6-10,13H,5H2,1-4H3. The summed E-state index contributed by atoms with van der Waals surface area (Å²) in [5.74, 6) is 0.715. The molecule has 1 atom stereocenters. The lowest BCUT2D eigenvalue weighted by Crippen LogP contribution is -2.22. The number of tetrazole rings is 1. The van der Waals surface area contributed by atoms with E-state index in [2.05, 4.69) is 15.5 Å². The summed E-state index contributed by atoms with van der Waals surface area (Å²) in [5, 5.41) is 13.5. The highest BCUT2D eigenvalue weighted by molar-refractivity contribution is 7.99. The Morgan fingerprint density at radius 3 is 2.68 bits per heavy atom. The second kappa shape index (κ2) is 7.48. The molecule has 0 amide bonds. The third kappa shape index (κ3) is 3.14. The molecule has 0 N–H and O–H groups in total. The van der Waals surface area contributed by atoms with Gasteiger partial charge in [0.15, 0.2) is 11.0 Å². The predicted molar refractivity (Wildman–Crippen MR) is 112 cm³/mol. The van der Waals surface area contributed by atoms with Crippen LogP contribution in [-0.2, 0) is 6.54 Å². The van der Waals surface area contributed by atoms with Crippen molar-refractivity contribution in [3.05, 3.63) is 57.0 Å².